The second-order valence-corrected chi connectivity index (χ2v) is 5.29. The topological polar surface area (TPSA) is 103 Å². The fourth-order valence-corrected chi connectivity index (χ4v) is 2.48. The molecule has 0 saturated heterocycles. The van der Waals surface area contributed by atoms with E-state index in [9.17, 15) is 9.59 Å². The molecule has 2 aromatic carbocycles. The molecule has 4 N–H and O–H groups in total. The maximum absolute atomic E-state index is 12.3. The van der Waals surface area contributed by atoms with Crippen LogP contribution in [0, 0.1) is 0 Å². The number of primary amides is 1. The average molecular weight is 327 g/mol. The molecule has 0 bridgehead atoms. The predicted molar refractivity (Wildman–Crippen MR) is 87.7 cm³/mol. The van der Waals surface area contributed by atoms with Crippen LogP contribution in [0.25, 0.3) is 0 Å². The lowest BCUT2D eigenvalue weighted by atomic mass is 10.0. The first-order valence-corrected chi connectivity index (χ1v) is 7.42. The van der Waals surface area contributed by atoms with Gasteiger partial charge in [0, 0.05) is 11.8 Å². The summed E-state index contributed by atoms with van der Waals surface area (Å²) in [5.41, 5.74) is 6.60. The van der Waals surface area contributed by atoms with Gasteiger partial charge in [-0.2, -0.15) is 0 Å². The van der Waals surface area contributed by atoms with Gasteiger partial charge in [-0.05, 0) is 17.7 Å². The summed E-state index contributed by atoms with van der Waals surface area (Å²) in [6, 6.07) is 13.2. The summed E-state index contributed by atoms with van der Waals surface area (Å²) in [4.78, 5) is 23.5. The Kier molecular flexibility index (Phi) is 4.51. The van der Waals surface area contributed by atoms with E-state index in [0.717, 1.165) is 5.56 Å². The van der Waals surface area contributed by atoms with E-state index in [1.165, 1.54) is 0 Å². The van der Waals surface area contributed by atoms with Gasteiger partial charge in [0.15, 0.2) is 11.5 Å². The lowest BCUT2D eigenvalue weighted by Crippen LogP contribution is -2.35. The minimum absolute atomic E-state index is 0.0569. The van der Waals surface area contributed by atoms with Crippen LogP contribution in [0.15, 0.2) is 48.5 Å². The Hall–Kier alpha value is -3.22. The number of urea groups is 1. The van der Waals surface area contributed by atoms with E-state index in [-0.39, 0.29) is 19.1 Å². The first kappa shape index (κ1) is 15.7. The predicted octanol–water partition coefficient (Wildman–Crippen LogP) is 2.15. The van der Waals surface area contributed by atoms with Gasteiger partial charge in [-0.25, -0.2) is 4.79 Å². The summed E-state index contributed by atoms with van der Waals surface area (Å²) in [5.74, 6) is 0.977. The SMILES string of the molecule is NC(=O)N[C@H](CC(=O)Nc1ccc2c(c1)OCO2)c1ccccc1. The van der Waals surface area contributed by atoms with Crippen LogP contribution in [0.1, 0.15) is 18.0 Å². The second-order valence-electron chi connectivity index (χ2n) is 5.29. The van der Waals surface area contributed by atoms with Crippen molar-refractivity contribution in [3.63, 3.8) is 0 Å². The molecule has 7 heteroatoms. The Morgan fingerprint density at radius 2 is 1.83 bits per heavy atom. The number of carbonyl (C=O) groups excluding carboxylic acids is 2. The van der Waals surface area contributed by atoms with Crippen molar-refractivity contribution in [3.05, 3.63) is 54.1 Å². The van der Waals surface area contributed by atoms with E-state index in [4.69, 9.17) is 15.2 Å². The fourth-order valence-electron chi connectivity index (χ4n) is 2.48. The molecule has 0 fully saturated rings. The van der Waals surface area contributed by atoms with Gasteiger partial charge >= 0.3 is 6.03 Å². The van der Waals surface area contributed by atoms with Crippen molar-refractivity contribution >= 4 is 17.6 Å². The zero-order valence-electron chi connectivity index (χ0n) is 12.8. The molecule has 24 heavy (non-hydrogen) atoms. The molecule has 0 radical (unpaired) electrons. The van der Waals surface area contributed by atoms with Gasteiger partial charge < -0.3 is 25.8 Å². The van der Waals surface area contributed by atoms with Crippen molar-refractivity contribution < 1.29 is 19.1 Å². The number of nitrogens with one attached hydrogen (secondary N) is 2. The van der Waals surface area contributed by atoms with Crippen LogP contribution >= 0.6 is 0 Å². The van der Waals surface area contributed by atoms with E-state index in [1.807, 2.05) is 30.3 Å². The highest BCUT2D eigenvalue weighted by molar-refractivity contribution is 5.92. The Morgan fingerprint density at radius 1 is 1.08 bits per heavy atom. The summed E-state index contributed by atoms with van der Waals surface area (Å²) in [6.45, 7) is 0.172. The summed E-state index contributed by atoms with van der Waals surface area (Å²) >= 11 is 0. The molecule has 1 aliphatic heterocycles. The van der Waals surface area contributed by atoms with Gasteiger partial charge in [-0.15, -0.1) is 0 Å². The van der Waals surface area contributed by atoms with Gasteiger partial charge in [0.2, 0.25) is 12.7 Å². The molecule has 3 amide bonds. The van der Waals surface area contributed by atoms with Gasteiger partial charge in [0.1, 0.15) is 0 Å². The standard InChI is InChI=1S/C17H17N3O4/c18-17(22)20-13(11-4-2-1-3-5-11)9-16(21)19-12-6-7-14-15(8-12)24-10-23-14/h1-8,13H,9-10H2,(H,19,21)(H3,18,20,22)/t13-/m1/s1. The third kappa shape index (κ3) is 3.75. The molecule has 3 rings (SSSR count). The average Bonchev–Trinajstić information content (AvgIpc) is 3.02. The maximum Gasteiger partial charge on any atom is 0.312 e. The monoisotopic (exact) mass is 327 g/mol. The van der Waals surface area contributed by atoms with Crippen molar-refractivity contribution in [1.29, 1.82) is 0 Å². The van der Waals surface area contributed by atoms with Crippen LogP contribution in [-0.4, -0.2) is 18.7 Å². The zero-order chi connectivity index (χ0) is 16.9. The minimum Gasteiger partial charge on any atom is -0.454 e. The van der Waals surface area contributed by atoms with Crippen molar-refractivity contribution in [2.45, 2.75) is 12.5 Å². The minimum atomic E-state index is -0.681. The molecule has 0 aliphatic carbocycles. The molecule has 1 aliphatic rings. The Morgan fingerprint density at radius 3 is 2.58 bits per heavy atom. The van der Waals surface area contributed by atoms with Crippen LogP contribution in [0.4, 0.5) is 10.5 Å². The van der Waals surface area contributed by atoms with E-state index in [2.05, 4.69) is 10.6 Å². The summed E-state index contributed by atoms with van der Waals surface area (Å²) < 4.78 is 10.5. The van der Waals surface area contributed by atoms with E-state index >= 15 is 0 Å². The molecule has 124 valence electrons. The highest BCUT2D eigenvalue weighted by Gasteiger charge is 2.19. The molecule has 0 unspecified atom stereocenters. The third-order valence-corrected chi connectivity index (χ3v) is 3.56. The van der Waals surface area contributed by atoms with Crippen LogP contribution in [0.2, 0.25) is 0 Å². The number of carbonyl (C=O) groups is 2. The molecular weight excluding hydrogens is 310 g/mol. The molecule has 0 spiro atoms. The first-order valence-electron chi connectivity index (χ1n) is 7.42. The number of amides is 3. The highest BCUT2D eigenvalue weighted by Crippen LogP contribution is 2.34. The second kappa shape index (κ2) is 6.91. The molecule has 1 atom stereocenters. The molecule has 0 saturated carbocycles. The summed E-state index contributed by atoms with van der Waals surface area (Å²) in [5, 5.41) is 5.37. The lowest BCUT2D eigenvalue weighted by molar-refractivity contribution is -0.116. The van der Waals surface area contributed by atoms with Crippen LogP contribution < -0.4 is 25.8 Å². The Bertz CT molecular complexity index is 749. The van der Waals surface area contributed by atoms with E-state index < -0.39 is 12.1 Å². The van der Waals surface area contributed by atoms with Crippen molar-refractivity contribution in [2.75, 3.05) is 12.1 Å². The molecule has 2 aromatic rings. The quantitative estimate of drug-likeness (QED) is 0.783. The van der Waals surface area contributed by atoms with Crippen molar-refractivity contribution in [2.24, 2.45) is 5.73 Å². The number of anilines is 1. The van der Waals surface area contributed by atoms with Crippen LogP contribution in [-0.2, 0) is 4.79 Å². The fraction of sp³-hybridized carbons (Fsp3) is 0.176. The van der Waals surface area contributed by atoms with E-state index in [1.54, 1.807) is 18.2 Å². The van der Waals surface area contributed by atoms with Gasteiger partial charge in [0.25, 0.3) is 0 Å². The third-order valence-electron chi connectivity index (χ3n) is 3.56. The zero-order valence-corrected chi connectivity index (χ0v) is 12.8. The highest BCUT2D eigenvalue weighted by atomic mass is 16.7. The van der Waals surface area contributed by atoms with Crippen molar-refractivity contribution in [1.82, 2.24) is 5.32 Å². The van der Waals surface area contributed by atoms with Crippen molar-refractivity contribution in [3.8, 4) is 11.5 Å². The molecular formula is C17H17N3O4. The Labute approximate surface area is 138 Å². The number of nitrogens with two attached hydrogens (primary N) is 1. The lowest BCUT2D eigenvalue weighted by Gasteiger charge is -2.17. The van der Waals surface area contributed by atoms with Crippen LogP contribution in [0.5, 0.6) is 11.5 Å². The number of hydrogen-bond donors (Lipinski definition) is 3. The molecule has 7 nitrogen and oxygen atoms in total. The number of rotatable bonds is 5. The first-order chi connectivity index (χ1) is 11.6. The maximum atomic E-state index is 12.3. The van der Waals surface area contributed by atoms with Gasteiger partial charge in [-0.1, -0.05) is 30.3 Å². The Balaban J connectivity index is 1.68. The van der Waals surface area contributed by atoms with Gasteiger partial charge in [-0.3, -0.25) is 4.79 Å². The van der Waals surface area contributed by atoms with Crippen LogP contribution in [0.3, 0.4) is 0 Å². The summed E-state index contributed by atoms with van der Waals surface area (Å²) in [7, 11) is 0. The number of fused-ring (bicyclic) bond motifs is 1. The summed E-state index contributed by atoms with van der Waals surface area (Å²) in [6.07, 6.45) is 0.0569. The normalized spacial score (nSPS) is 13.2. The number of benzene rings is 2. The molecule has 0 aromatic heterocycles. The number of ether oxygens (including phenoxy) is 2. The largest absolute Gasteiger partial charge is 0.454 e. The number of hydrogen-bond acceptors (Lipinski definition) is 4. The smallest absolute Gasteiger partial charge is 0.312 e. The molecule has 1 heterocycles. The van der Waals surface area contributed by atoms with E-state index in [0.29, 0.717) is 17.2 Å². The van der Waals surface area contributed by atoms with Gasteiger partial charge in [0.05, 0.1) is 12.5 Å².